The summed E-state index contributed by atoms with van der Waals surface area (Å²) >= 11 is 0. The molecule has 8 nitrogen and oxygen atoms in total. The molecule has 2 rings (SSSR count). The fourth-order valence-electron chi connectivity index (χ4n) is 2.46. The molecule has 2 unspecified atom stereocenters. The van der Waals surface area contributed by atoms with Crippen LogP contribution in [-0.4, -0.2) is 55.5 Å². The number of aromatic carboxylic acids is 1. The second-order valence-electron chi connectivity index (χ2n) is 4.72. The first kappa shape index (κ1) is 15.2. The lowest BCUT2D eigenvalue weighted by atomic mass is 10.1. The Balaban J connectivity index is 2.36. The summed E-state index contributed by atoms with van der Waals surface area (Å²) < 4.78 is 10.6. The Kier molecular flexibility index (Phi) is 4.39. The van der Waals surface area contributed by atoms with Gasteiger partial charge in [0.2, 0.25) is 0 Å². The SMILES string of the molecule is COC1CN(c2ccc(C(=O)O)cc2[N+](=O)[O-])CC1OC. The second kappa shape index (κ2) is 6.06. The van der Waals surface area contributed by atoms with Crippen LogP contribution in [0.2, 0.25) is 0 Å². The number of nitro benzene ring substituents is 1. The second-order valence-corrected chi connectivity index (χ2v) is 4.72. The number of carboxylic acids is 1. The van der Waals surface area contributed by atoms with E-state index in [1.165, 1.54) is 12.1 Å². The van der Waals surface area contributed by atoms with Gasteiger partial charge in [0.05, 0.1) is 10.5 Å². The zero-order valence-corrected chi connectivity index (χ0v) is 11.7. The van der Waals surface area contributed by atoms with Crippen molar-refractivity contribution < 1.29 is 24.3 Å². The summed E-state index contributed by atoms with van der Waals surface area (Å²) in [5, 5.41) is 20.1. The van der Waals surface area contributed by atoms with Crippen LogP contribution in [0.1, 0.15) is 10.4 Å². The lowest BCUT2D eigenvalue weighted by molar-refractivity contribution is -0.384. The van der Waals surface area contributed by atoms with E-state index in [2.05, 4.69) is 0 Å². The molecule has 1 saturated heterocycles. The van der Waals surface area contributed by atoms with E-state index in [1.807, 2.05) is 0 Å². The lowest BCUT2D eigenvalue weighted by Crippen LogP contribution is -2.27. The van der Waals surface area contributed by atoms with E-state index in [0.717, 1.165) is 6.07 Å². The largest absolute Gasteiger partial charge is 0.478 e. The van der Waals surface area contributed by atoms with Gasteiger partial charge in [-0.15, -0.1) is 0 Å². The zero-order chi connectivity index (χ0) is 15.6. The standard InChI is InChI=1S/C13H16N2O6/c1-20-11-6-14(7-12(11)21-2)9-4-3-8(13(16)17)5-10(9)15(18)19/h3-5,11-12H,6-7H2,1-2H3,(H,16,17). The Bertz CT molecular complexity index is 550. The number of carboxylic acid groups (broad SMARTS) is 1. The molecule has 0 spiro atoms. The van der Waals surface area contributed by atoms with Crippen molar-refractivity contribution >= 4 is 17.3 Å². The number of hydrogen-bond donors (Lipinski definition) is 1. The lowest BCUT2D eigenvalue weighted by Gasteiger charge is -2.18. The highest BCUT2D eigenvalue weighted by Gasteiger charge is 2.35. The number of carbonyl (C=O) groups is 1. The predicted octanol–water partition coefficient (Wildman–Crippen LogP) is 1.14. The van der Waals surface area contributed by atoms with Crippen molar-refractivity contribution in [3.05, 3.63) is 33.9 Å². The van der Waals surface area contributed by atoms with Crippen LogP contribution < -0.4 is 4.90 Å². The average molecular weight is 296 g/mol. The van der Waals surface area contributed by atoms with Gasteiger partial charge >= 0.3 is 5.97 Å². The van der Waals surface area contributed by atoms with E-state index in [4.69, 9.17) is 14.6 Å². The fraction of sp³-hybridized carbons (Fsp3) is 0.462. The van der Waals surface area contributed by atoms with Gasteiger partial charge in [-0.25, -0.2) is 4.79 Å². The van der Waals surface area contributed by atoms with E-state index in [-0.39, 0.29) is 23.5 Å². The Labute approximate surface area is 121 Å². The molecule has 1 aromatic carbocycles. The molecule has 114 valence electrons. The Morgan fingerprint density at radius 2 is 1.90 bits per heavy atom. The third kappa shape index (κ3) is 2.96. The number of anilines is 1. The number of nitro groups is 1. The zero-order valence-electron chi connectivity index (χ0n) is 11.7. The van der Waals surface area contributed by atoms with E-state index in [0.29, 0.717) is 18.8 Å². The van der Waals surface area contributed by atoms with E-state index in [1.54, 1.807) is 19.1 Å². The molecule has 1 aliphatic rings. The number of hydrogen-bond acceptors (Lipinski definition) is 6. The van der Waals surface area contributed by atoms with Crippen LogP contribution in [0.25, 0.3) is 0 Å². The van der Waals surface area contributed by atoms with E-state index < -0.39 is 10.9 Å². The number of ether oxygens (including phenoxy) is 2. The molecule has 1 heterocycles. The summed E-state index contributed by atoms with van der Waals surface area (Å²) in [4.78, 5) is 23.3. The van der Waals surface area contributed by atoms with Gasteiger partial charge in [-0.2, -0.15) is 0 Å². The van der Waals surface area contributed by atoms with Crippen molar-refractivity contribution in [1.29, 1.82) is 0 Å². The summed E-state index contributed by atoms with van der Waals surface area (Å²) in [7, 11) is 3.12. The molecule has 8 heteroatoms. The van der Waals surface area contributed by atoms with E-state index in [9.17, 15) is 14.9 Å². The molecular weight excluding hydrogens is 280 g/mol. The first-order valence-electron chi connectivity index (χ1n) is 6.30. The van der Waals surface area contributed by atoms with Gasteiger partial charge in [0.25, 0.3) is 5.69 Å². The van der Waals surface area contributed by atoms with Crippen LogP contribution >= 0.6 is 0 Å². The maximum Gasteiger partial charge on any atom is 0.335 e. The van der Waals surface area contributed by atoms with Crippen molar-refractivity contribution in [3.63, 3.8) is 0 Å². The summed E-state index contributed by atoms with van der Waals surface area (Å²) in [5.41, 5.74) is 0.0179. The van der Waals surface area contributed by atoms with Gasteiger partial charge in [0, 0.05) is 33.4 Å². The number of rotatable bonds is 5. The van der Waals surface area contributed by atoms with Crippen LogP contribution in [0.5, 0.6) is 0 Å². The maximum absolute atomic E-state index is 11.2. The first-order valence-corrected chi connectivity index (χ1v) is 6.30. The summed E-state index contributed by atoms with van der Waals surface area (Å²) in [5.74, 6) is -1.20. The Hall–Kier alpha value is -2.19. The third-order valence-corrected chi connectivity index (χ3v) is 3.58. The van der Waals surface area contributed by atoms with Crippen LogP contribution in [-0.2, 0) is 9.47 Å². The molecule has 0 radical (unpaired) electrons. The molecule has 0 amide bonds. The van der Waals surface area contributed by atoms with Crippen molar-refractivity contribution in [1.82, 2.24) is 0 Å². The summed E-state index contributed by atoms with van der Waals surface area (Å²) in [6, 6.07) is 3.87. The topological polar surface area (TPSA) is 102 Å². The van der Waals surface area contributed by atoms with Gasteiger partial charge < -0.3 is 19.5 Å². The van der Waals surface area contributed by atoms with Crippen molar-refractivity contribution in [2.45, 2.75) is 12.2 Å². The quantitative estimate of drug-likeness (QED) is 0.642. The minimum absolute atomic E-state index is 0.115. The Morgan fingerprint density at radius 3 is 2.33 bits per heavy atom. The summed E-state index contributed by atoms with van der Waals surface area (Å²) in [6.07, 6.45) is -0.373. The highest BCUT2D eigenvalue weighted by Crippen LogP contribution is 2.32. The van der Waals surface area contributed by atoms with Gasteiger partial charge in [-0.3, -0.25) is 10.1 Å². The number of methoxy groups -OCH3 is 2. The molecular formula is C13H16N2O6. The normalized spacial score (nSPS) is 21.5. The van der Waals surface area contributed by atoms with Crippen LogP contribution in [0.3, 0.4) is 0 Å². The number of nitrogens with zero attached hydrogens (tertiary/aromatic N) is 2. The number of benzene rings is 1. The van der Waals surface area contributed by atoms with E-state index >= 15 is 0 Å². The first-order chi connectivity index (χ1) is 9.97. The molecule has 0 bridgehead atoms. The molecule has 0 aromatic heterocycles. The monoisotopic (exact) mass is 296 g/mol. The molecule has 0 aliphatic carbocycles. The highest BCUT2D eigenvalue weighted by molar-refractivity contribution is 5.89. The third-order valence-electron chi connectivity index (χ3n) is 3.58. The van der Waals surface area contributed by atoms with Crippen molar-refractivity contribution in [2.24, 2.45) is 0 Å². The van der Waals surface area contributed by atoms with Crippen LogP contribution in [0, 0.1) is 10.1 Å². The van der Waals surface area contributed by atoms with Gasteiger partial charge in [-0.05, 0) is 12.1 Å². The van der Waals surface area contributed by atoms with Crippen LogP contribution in [0.4, 0.5) is 11.4 Å². The minimum atomic E-state index is -1.20. The fourth-order valence-corrected chi connectivity index (χ4v) is 2.46. The van der Waals surface area contributed by atoms with Crippen molar-refractivity contribution in [3.8, 4) is 0 Å². The molecule has 0 saturated carbocycles. The molecule has 1 aliphatic heterocycles. The van der Waals surface area contributed by atoms with Gasteiger partial charge in [0.1, 0.15) is 17.9 Å². The minimum Gasteiger partial charge on any atom is -0.478 e. The van der Waals surface area contributed by atoms with Crippen LogP contribution in [0.15, 0.2) is 18.2 Å². The maximum atomic E-state index is 11.2. The summed E-state index contributed by atoms with van der Waals surface area (Å²) in [6.45, 7) is 0.893. The average Bonchev–Trinajstić information content (AvgIpc) is 2.89. The predicted molar refractivity (Wildman–Crippen MR) is 73.9 cm³/mol. The Morgan fingerprint density at radius 1 is 1.33 bits per heavy atom. The smallest absolute Gasteiger partial charge is 0.335 e. The van der Waals surface area contributed by atoms with Crippen molar-refractivity contribution in [2.75, 3.05) is 32.2 Å². The molecule has 1 fully saturated rings. The molecule has 1 N–H and O–H groups in total. The van der Waals surface area contributed by atoms with Gasteiger partial charge in [0.15, 0.2) is 0 Å². The molecule has 2 atom stereocenters. The molecule has 21 heavy (non-hydrogen) atoms. The molecule has 1 aromatic rings. The van der Waals surface area contributed by atoms with Gasteiger partial charge in [-0.1, -0.05) is 0 Å². The highest BCUT2D eigenvalue weighted by atomic mass is 16.6.